The number of thioether (sulfide) groups is 1. The molecule has 0 saturated carbocycles. The molecule has 0 radical (unpaired) electrons. The van der Waals surface area contributed by atoms with Crippen LogP contribution in [0.5, 0.6) is 5.75 Å². The Morgan fingerprint density at radius 3 is 2.76 bits per heavy atom. The van der Waals surface area contributed by atoms with Crippen molar-refractivity contribution >= 4 is 21.8 Å². The number of ether oxygens (including phenoxy) is 1. The van der Waals surface area contributed by atoms with E-state index < -0.39 is 10.0 Å². The zero-order valence-corrected chi connectivity index (χ0v) is 15.9. The van der Waals surface area contributed by atoms with Gasteiger partial charge in [-0.25, -0.2) is 8.42 Å². The van der Waals surface area contributed by atoms with Crippen LogP contribution < -0.4 is 10.1 Å². The van der Waals surface area contributed by atoms with Crippen LogP contribution in [0.4, 0.5) is 0 Å². The molecule has 1 unspecified atom stereocenters. The maximum absolute atomic E-state index is 13.3. The quantitative estimate of drug-likeness (QED) is 0.811. The summed E-state index contributed by atoms with van der Waals surface area (Å²) in [4.78, 5) is 1.27. The summed E-state index contributed by atoms with van der Waals surface area (Å²) in [6.07, 6.45) is 1.94. The van der Waals surface area contributed by atoms with Gasteiger partial charge in [-0.15, -0.1) is 11.8 Å². The minimum absolute atomic E-state index is 0.298. The normalized spacial score (nSPS) is 18.9. The Balaban J connectivity index is 2.03. The number of hydrogen-bond acceptors (Lipinski definition) is 5. The van der Waals surface area contributed by atoms with Crippen molar-refractivity contribution in [3.63, 3.8) is 0 Å². The standard InChI is InChI=1S/C18H22N2O3S2/c1-23-18-9-4-3-8-16(18)17-13-19-10-11-20(17)25(21,22)15-7-5-6-14(12-15)24-2/h3-9,12,17,19H,10-11,13H2,1-2H3. The second kappa shape index (κ2) is 7.78. The number of rotatable bonds is 5. The summed E-state index contributed by atoms with van der Waals surface area (Å²) in [5, 5.41) is 3.29. The fourth-order valence-electron chi connectivity index (χ4n) is 3.08. The highest BCUT2D eigenvalue weighted by Gasteiger charge is 2.35. The van der Waals surface area contributed by atoms with Crippen LogP contribution >= 0.6 is 11.8 Å². The van der Waals surface area contributed by atoms with Crippen LogP contribution in [0.25, 0.3) is 0 Å². The van der Waals surface area contributed by atoms with E-state index in [2.05, 4.69) is 5.32 Å². The lowest BCUT2D eigenvalue weighted by molar-refractivity contribution is 0.264. The van der Waals surface area contributed by atoms with Crippen molar-refractivity contribution in [1.29, 1.82) is 0 Å². The van der Waals surface area contributed by atoms with E-state index in [0.29, 0.717) is 30.3 Å². The smallest absolute Gasteiger partial charge is 0.243 e. The molecule has 134 valence electrons. The van der Waals surface area contributed by atoms with E-state index in [0.717, 1.165) is 10.5 Å². The average molecular weight is 379 g/mol. The maximum atomic E-state index is 13.3. The highest BCUT2D eigenvalue weighted by molar-refractivity contribution is 7.98. The SMILES string of the molecule is COc1ccccc1C1CNCCN1S(=O)(=O)c1cccc(SC)c1. The Labute approximate surface area is 153 Å². The summed E-state index contributed by atoms with van der Waals surface area (Å²) in [6.45, 7) is 1.61. The second-order valence-corrected chi connectivity index (χ2v) is 8.53. The third-order valence-corrected chi connectivity index (χ3v) is 6.97. The van der Waals surface area contributed by atoms with Crippen molar-refractivity contribution in [2.24, 2.45) is 0 Å². The molecule has 1 aliphatic heterocycles. The van der Waals surface area contributed by atoms with Crippen molar-refractivity contribution in [2.75, 3.05) is 33.0 Å². The third kappa shape index (κ3) is 3.69. The van der Waals surface area contributed by atoms with Crippen molar-refractivity contribution in [2.45, 2.75) is 15.8 Å². The molecule has 1 aliphatic rings. The average Bonchev–Trinajstić information content (AvgIpc) is 2.68. The Kier molecular flexibility index (Phi) is 5.68. The van der Waals surface area contributed by atoms with Crippen LogP contribution in [0.3, 0.4) is 0 Å². The van der Waals surface area contributed by atoms with Crippen LogP contribution in [0.1, 0.15) is 11.6 Å². The van der Waals surface area contributed by atoms with Crippen molar-refractivity contribution in [3.8, 4) is 5.75 Å². The first-order chi connectivity index (χ1) is 12.1. The van der Waals surface area contributed by atoms with E-state index in [-0.39, 0.29) is 6.04 Å². The lowest BCUT2D eigenvalue weighted by Crippen LogP contribution is -2.48. The van der Waals surface area contributed by atoms with Gasteiger partial charge in [-0.3, -0.25) is 0 Å². The second-order valence-electron chi connectivity index (χ2n) is 5.76. The van der Waals surface area contributed by atoms with Gasteiger partial charge in [0.05, 0.1) is 18.0 Å². The van der Waals surface area contributed by atoms with Crippen molar-refractivity contribution < 1.29 is 13.2 Å². The lowest BCUT2D eigenvalue weighted by atomic mass is 10.0. The van der Waals surface area contributed by atoms with Gasteiger partial charge in [0.2, 0.25) is 10.0 Å². The summed E-state index contributed by atoms with van der Waals surface area (Å²) in [5.74, 6) is 0.703. The Bertz CT molecular complexity index is 840. The first-order valence-corrected chi connectivity index (χ1v) is 10.7. The lowest BCUT2D eigenvalue weighted by Gasteiger charge is -2.36. The largest absolute Gasteiger partial charge is 0.496 e. The Morgan fingerprint density at radius 2 is 2.00 bits per heavy atom. The Hall–Kier alpha value is -1.54. The number of hydrogen-bond donors (Lipinski definition) is 1. The van der Waals surface area contributed by atoms with Crippen LogP contribution in [0.15, 0.2) is 58.3 Å². The molecule has 0 amide bonds. The molecule has 0 aromatic heterocycles. The molecule has 1 N–H and O–H groups in total. The van der Waals surface area contributed by atoms with Gasteiger partial charge in [0, 0.05) is 30.1 Å². The van der Waals surface area contributed by atoms with Gasteiger partial charge in [0.1, 0.15) is 5.75 Å². The molecule has 1 heterocycles. The van der Waals surface area contributed by atoms with E-state index >= 15 is 0 Å². The Morgan fingerprint density at radius 1 is 1.20 bits per heavy atom. The minimum Gasteiger partial charge on any atom is -0.496 e. The van der Waals surface area contributed by atoms with Gasteiger partial charge in [-0.1, -0.05) is 24.3 Å². The van der Waals surface area contributed by atoms with Crippen molar-refractivity contribution in [1.82, 2.24) is 9.62 Å². The minimum atomic E-state index is -3.59. The fraction of sp³-hybridized carbons (Fsp3) is 0.333. The van der Waals surface area contributed by atoms with E-state index in [9.17, 15) is 8.42 Å². The fourth-order valence-corrected chi connectivity index (χ4v) is 5.26. The van der Waals surface area contributed by atoms with Crippen LogP contribution in [0.2, 0.25) is 0 Å². The van der Waals surface area contributed by atoms with Gasteiger partial charge in [0.15, 0.2) is 0 Å². The number of nitrogens with zero attached hydrogens (tertiary/aromatic N) is 1. The molecule has 1 fully saturated rings. The first-order valence-electron chi connectivity index (χ1n) is 8.07. The predicted molar refractivity (Wildman–Crippen MR) is 101 cm³/mol. The molecule has 1 atom stereocenters. The molecule has 0 aliphatic carbocycles. The highest BCUT2D eigenvalue weighted by atomic mass is 32.2. The van der Waals surface area contributed by atoms with E-state index in [1.807, 2.05) is 36.6 Å². The van der Waals surface area contributed by atoms with Crippen LogP contribution in [0, 0.1) is 0 Å². The monoisotopic (exact) mass is 378 g/mol. The molecule has 1 saturated heterocycles. The number of sulfonamides is 1. The molecule has 7 heteroatoms. The molecule has 2 aromatic carbocycles. The molecular formula is C18H22N2O3S2. The van der Waals surface area contributed by atoms with Gasteiger partial charge in [-0.2, -0.15) is 4.31 Å². The zero-order valence-electron chi connectivity index (χ0n) is 14.3. The highest BCUT2D eigenvalue weighted by Crippen LogP contribution is 2.34. The van der Waals surface area contributed by atoms with Crippen LogP contribution in [-0.2, 0) is 10.0 Å². The molecule has 3 rings (SSSR count). The summed E-state index contributed by atoms with van der Waals surface area (Å²) in [6, 6.07) is 14.4. The molecule has 25 heavy (non-hydrogen) atoms. The van der Waals surface area contributed by atoms with Crippen molar-refractivity contribution in [3.05, 3.63) is 54.1 Å². The molecule has 0 bridgehead atoms. The molecule has 5 nitrogen and oxygen atoms in total. The number of benzene rings is 2. The van der Waals surface area contributed by atoms with E-state index in [1.165, 1.54) is 11.8 Å². The number of para-hydroxylation sites is 1. The zero-order chi connectivity index (χ0) is 17.9. The molecule has 0 spiro atoms. The van der Waals surface area contributed by atoms with Gasteiger partial charge in [-0.05, 0) is 30.5 Å². The van der Waals surface area contributed by atoms with E-state index in [4.69, 9.17) is 4.74 Å². The van der Waals surface area contributed by atoms with Gasteiger partial charge >= 0.3 is 0 Å². The molecular weight excluding hydrogens is 356 g/mol. The van der Waals surface area contributed by atoms with Gasteiger partial charge < -0.3 is 10.1 Å². The third-order valence-electron chi connectivity index (χ3n) is 4.34. The number of methoxy groups -OCH3 is 1. The number of piperazine rings is 1. The number of nitrogens with one attached hydrogen (secondary N) is 1. The summed E-state index contributed by atoms with van der Waals surface area (Å²) in [7, 11) is -1.99. The van der Waals surface area contributed by atoms with Crippen LogP contribution in [-0.4, -0.2) is 45.7 Å². The molecule has 2 aromatic rings. The summed E-state index contributed by atoms with van der Waals surface area (Å²) in [5.41, 5.74) is 0.877. The first kappa shape index (κ1) is 18.3. The summed E-state index contributed by atoms with van der Waals surface area (Å²) < 4.78 is 33.6. The predicted octanol–water partition coefficient (Wildman–Crippen LogP) is 2.75. The summed E-state index contributed by atoms with van der Waals surface area (Å²) >= 11 is 1.53. The van der Waals surface area contributed by atoms with E-state index in [1.54, 1.807) is 29.6 Å². The topological polar surface area (TPSA) is 58.6 Å². The van der Waals surface area contributed by atoms with Gasteiger partial charge in [0.25, 0.3) is 0 Å². The maximum Gasteiger partial charge on any atom is 0.243 e.